The Morgan fingerprint density at radius 3 is 2.33 bits per heavy atom. The molecule has 0 aromatic heterocycles. The van der Waals surface area contributed by atoms with Crippen LogP contribution in [0.2, 0.25) is 0 Å². The van der Waals surface area contributed by atoms with Gasteiger partial charge < -0.3 is 10.6 Å². The molecule has 1 aromatic carbocycles. The second-order valence-corrected chi connectivity index (χ2v) is 4.08. The molecule has 1 rings (SSSR count). The van der Waals surface area contributed by atoms with Gasteiger partial charge in [-0.25, -0.2) is 0 Å². The lowest BCUT2D eigenvalue weighted by Crippen LogP contribution is -2.45. The summed E-state index contributed by atoms with van der Waals surface area (Å²) in [7, 11) is 0. The van der Waals surface area contributed by atoms with Crippen molar-refractivity contribution in [3.63, 3.8) is 0 Å². The van der Waals surface area contributed by atoms with Gasteiger partial charge in [0.05, 0.1) is 6.04 Å². The van der Waals surface area contributed by atoms with Crippen LogP contribution in [0.1, 0.15) is 12.5 Å². The van der Waals surface area contributed by atoms with Gasteiger partial charge in [0, 0.05) is 6.54 Å². The second kappa shape index (κ2) is 5.86. The third-order valence-corrected chi connectivity index (χ3v) is 2.29. The van der Waals surface area contributed by atoms with Crippen molar-refractivity contribution in [2.75, 3.05) is 6.54 Å². The van der Waals surface area contributed by atoms with Crippen LogP contribution in [0.25, 0.3) is 0 Å². The maximum absolute atomic E-state index is 12.4. The van der Waals surface area contributed by atoms with E-state index in [0.717, 1.165) is 4.90 Å². The van der Waals surface area contributed by atoms with Gasteiger partial charge in [-0.2, -0.15) is 13.2 Å². The standard InChI is InChI=1S/C12H15F3N2O/c1-9(16)11(18)17(8-12(13,14)15)7-10-5-3-2-4-6-10/h2-6,9H,7-8,16H2,1H3. The molecule has 3 nitrogen and oxygen atoms in total. The Bertz CT molecular complexity index is 390. The normalized spacial score (nSPS) is 13.2. The van der Waals surface area contributed by atoms with Crippen molar-refractivity contribution in [1.82, 2.24) is 4.90 Å². The summed E-state index contributed by atoms with van der Waals surface area (Å²) in [5.41, 5.74) is 5.99. The van der Waals surface area contributed by atoms with Crippen molar-refractivity contribution in [3.05, 3.63) is 35.9 Å². The fourth-order valence-corrected chi connectivity index (χ4v) is 1.52. The third kappa shape index (κ3) is 4.75. The van der Waals surface area contributed by atoms with Crippen molar-refractivity contribution in [3.8, 4) is 0 Å². The molecule has 2 N–H and O–H groups in total. The second-order valence-electron chi connectivity index (χ2n) is 4.08. The molecule has 0 aliphatic rings. The van der Waals surface area contributed by atoms with Crippen molar-refractivity contribution < 1.29 is 18.0 Å². The Morgan fingerprint density at radius 1 is 1.33 bits per heavy atom. The summed E-state index contributed by atoms with van der Waals surface area (Å²) in [4.78, 5) is 12.3. The van der Waals surface area contributed by atoms with Crippen LogP contribution in [0.15, 0.2) is 30.3 Å². The number of carbonyl (C=O) groups excluding carboxylic acids is 1. The van der Waals surface area contributed by atoms with E-state index >= 15 is 0 Å². The zero-order valence-corrected chi connectivity index (χ0v) is 9.95. The van der Waals surface area contributed by atoms with Gasteiger partial charge in [0.1, 0.15) is 6.54 Å². The van der Waals surface area contributed by atoms with Gasteiger partial charge in [-0.15, -0.1) is 0 Å². The monoisotopic (exact) mass is 260 g/mol. The van der Waals surface area contributed by atoms with Crippen LogP contribution in [-0.2, 0) is 11.3 Å². The van der Waals surface area contributed by atoms with Gasteiger partial charge in [-0.05, 0) is 12.5 Å². The molecule has 0 aliphatic heterocycles. The highest BCUT2D eigenvalue weighted by molar-refractivity contribution is 5.81. The fraction of sp³-hybridized carbons (Fsp3) is 0.417. The Morgan fingerprint density at radius 2 is 1.89 bits per heavy atom. The Balaban J connectivity index is 2.81. The lowest BCUT2D eigenvalue weighted by molar-refractivity contribution is -0.163. The summed E-state index contributed by atoms with van der Waals surface area (Å²) in [6.07, 6.45) is -4.43. The maximum atomic E-state index is 12.4. The lowest BCUT2D eigenvalue weighted by atomic mass is 10.2. The highest BCUT2D eigenvalue weighted by Gasteiger charge is 2.33. The van der Waals surface area contributed by atoms with Crippen LogP contribution in [-0.4, -0.2) is 29.6 Å². The summed E-state index contributed by atoms with van der Waals surface area (Å²) in [6.45, 7) is -0.0142. The first-order valence-corrected chi connectivity index (χ1v) is 5.44. The van der Waals surface area contributed by atoms with Crippen molar-refractivity contribution in [1.29, 1.82) is 0 Å². The Kier molecular flexibility index (Phi) is 4.72. The molecule has 100 valence electrons. The lowest BCUT2D eigenvalue weighted by Gasteiger charge is -2.25. The van der Waals surface area contributed by atoms with Gasteiger partial charge in [0.2, 0.25) is 5.91 Å². The molecule has 6 heteroatoms. The predicted octanol–water partition coefficient (Wildman–Crippen LogP) is 1.92. The van der Waals surface area contributed by atoms with Crippen LogP contribution in [0.5, 0.6) is 0 Å². The van der Waals surface area contributed by atoms with E-state index in [9.17, 15) is 18.0 Å². The van der Waals surface area contributed by atoms with E-state index in [4.69, 9.17) is 5.73 Å². The quantitative estimate of drug-likeness (QED) is 0.899. The first-order valence-electron chi connectivity index (χ1n) is 5.44. The summed E-state index contributed by atoms with van der Waals surface area (Å²) in [5.74, 6) is -0.712. The first kappa shape index (κ1) is 14.5. The number of alkyl halides is 3. The fourth-order valence-electron chi connectivity index (χ4n) is 1.52. The van der Waals surface area contributed by atoms with E-state index in [1.807, 2.05) is 0 Å². The van der Waals surface area contributed by atoms with E-state index < -0.39 is 24.7 Å². The first-order chi connectivity index (χ1) is 8.29. The van der Waals surface area contributed by atoms with Gasteiger partial charge in [-0.3, -0.25) is 4.79 Å². The predicted molar refractivity (Wildman–Crippen MR) is 61.6 cm³/mol. The Labute approximate surface area is 103 Å². The molecule has 1 aromatic rings. The number of nitrogens with zero attached hydrogens (tertiary/aromatic N) is 1. The molecule has 0 bridgehead atoms. The van der Waals surface area contributed by atoms with E-state index in [2.05, 4.69) is 0 Å². The van der Waals surface area contributed by atoms with Crippen LogP contribution in [0.4, 0.5) is 13.2 Å². The number of carbonyl (C=O) groups is 1. The minimum atomic E-state index is -4.43. The van der Waals surface area contributed by atoms with Crippen LogP contribution >= 0.6 is 0 Å². The van der Waals surface area contributed by atoms with Gasteiger partial charge in [0.15, 0.2) is 0 Å². The van der Waals surface area contributed by atoms with Crippen LogP contribution in [0.3, 0.4) is 0 Å². The largest absolute Gasteiger partial charge is 0.406 e. The molecule has 0 saturated carbocycles. The SMILES string of the molecule is CC(N)C(=O)N(Cc1ccccc1)CC(F)(F)F. The maximum Gasteiger partial charge on any atom is 0.406 e. The number of benzene rings is 1. The molecule has 0 fully saturated rings. The summed E-state index contributed by atoms with van der Waals surface area (Å²) >= 11 is 0. The highest BCUT2D eigenvalue weighted by atomic mass is 19.4. The van der Waals surface area contributed by atoms with Gasteiger partial charge in [0.25, 0.3) is 0 Å². The molecule has 1 amide bonds. The number of hydrogen-bond acceptors (Lipinski definition) is 2. The zero-order chi connectivity index (χ0) is 13.8. The van der Waals surface area contributed by atoms with E-state index in [-0.39, 0.29) is 6.54 Å². The van der Waals surface area contributed by atoms with Crippen LogP contribution in [0, 0.1) is 0 Å². The number of hydrogen-bond donors (Lipinski definition) is 1. The topological polar surface area (TPSA) is 46.3 Å². The minimum Gasteiger partial charge on any atom is -0.328 e. The molecule has 0 aliphatic carbocycles. The molecule has 1 atom stereocenters. The highest BCUT2D eigenvalue weighted by Crippen LogP contribution is 2.18. The molecule has 18 heavy (non-hydrogen) atoms. The summed E-state index contributed by atoms with van der Waals surface area (Å²) in [6, 6.07) is 7.55. The van der Waals surface area contributed by atoms with Crippen LogP contribution < -0.4 is 5.73 Å². The molecule has 1 unspecified atom stereocenters. The molecule has 0 spiro atoms. The number of amides is 1. The summed E-state index contributed by atoms with van der Waals surface area (Å²) < 4.78 is 37.2. The van der Waals surface area contributed by atoms with E-state index in [1.54, 1.807) is 30.3 Å². The molecule has 0 saturated heterocycles. The molecular weight excluding hydrogens is 245 g/mol. The number of nitrogens with two attached hydrogens (primary N) is 1. The zero-order valence-electron chi connectivity index (χ0n) is 9.95. The average molecular weight is 260 g/mol. The van der Waals surface area contributed by atoms with Gasteiger partial charge >= 0.3 is 6.18 Å². The van der Waals surface area contributed by atoms with E-state index in [0.29, 0.717) is 5.56 Å². The van der Waals surface area contributed by atoms with Gasteiger partial charge in [-0.1, -0.05) is 30.3 Å². The minimum absolute atomic E-state index is 0.0965. The smallest absolute Gasteiger partial charge is 0.328 e. The number of rotatable bonds is 4. The molecular formula is C12H15F3N2O. The average Bonchev–Trinajstić information content (AvgIpc) is 2.26. The number of halogens is 3. The Hall–Kier alpha value is -1.56. The summed E-state index contributed by atoms with van der Waals surface area (Å²) in [5, 5.41) is 0. The van der Waals surface area contributed by atoms with E-state index in [1.165, 1.54) is 6.92 Å². The van der Waals surface area contributed by atoms with Crippen molar-refractivity contribution in [2.24, 2.45) is 5.73 Å². The third-order valence-electron chi connectivity index (χ3n) is 2.29. The molecule has 0 heterocycles. The van der Waals surface area contributed by atoms with Crippen molar-refractivity contribution >= 4 is 5.91 Å². The van der Waals surface area contributed by atoms with Crippen molar-refractivity contribution in [2.45, 2.75) is 25.7 Å². The molecule has 0 radical (unpaired) electrons.